The van der Waals surface area contributed by atoms with E-state index in [1.807, 2.05) is 0 Å². The van der Waals surface area contributed by atoms with E-state index in [1.54, 1.807) is 0 Å². The van der Waals surface area contributed by atoms with Crippen LogP contribution in [0.15, 0.2) is 34.1 Å². The molecular weight excluding hydrogens is 371 g/mol. The molecule has 0 aliphatic heterocycles. The number of unbranched alkanes of at least 4 members (excludes halogenated alkanes) is 1. The summed E-state index contributed by atoms with van der Waals surface area (Å²) in [5.74, 6) is 0. The monoisotopic (exact) mass is 389 g/mol. The molecule has 1 aromatic rings. The normalized spacial score (nSPS) is 13.2. The van der Waals surface area contributed by atoms with E-state index in [0.717, 1.165) is 24.3 Å². The van der Waals surface area contributed by atoms with Crippen molar-refractivity contribution >= 4 is 20.0 Å². The second kappa shape index (κ2) is 8.25. The molecule has 138 valence electrons. The van der Waals surface area contributed by atoms with E-state index < -0.39 is 37.7 Å². The van der Waals surface area contributed by atoms with Gasteiger partial charge < -0.3 is 5.73 Å². The van der Waals surface area contributed by atoms with Gasteiger partial charge in [0, 0.05) is 6.54 Å². The molecule has 0 bridgehead atoms. The van der Waals surface area contributed by atoms with Crippen molar-refractivity contribution in [3.63, 3.8) is 0 Å². The Labute approximate surface area is 138 Å². The largest absolute Gasteiger partial charge is 0.402 e. The van der Waals surface area contributed by atoms with Gasteiger partial charge in [0.15, 0.2) is 0 Å². The molecule has 0 fully saturated rings. The third kappa shape index (κ3) is 6.73. The van der Waals surface area contributed by atoms with Crippen molar-refractivity contribution in [1.82, 2.24) is 9.44 Å². The average Bonchev–Trinajstić information content (AvgIpc) is 2.49. The maximum atomic E-state index is 12.1. The minimum absolute atomic E-state index is 0.173. The highest BCUT2D eigenvalue weighted by molar-refractivity contribution is 7.90. The van der Waals surface area contributed by atoms with E-state index in [1.165, 1.54) is 4.72 Å². The quantitative estimate of drug-likeness (QED) is 0.533. The van der Waals surface area contributed by atoms with Crippen LogP contribution in [0, 0.1) is 0 Å². The summed E-state index contributed by atoms with van der Waals surface area (Å²) < 4.78 is 87.2. The SMILES string of the molecule is NCCCCNS(=O)(=O)c1ccc(S(=O)(=O)NCC(F)(F)F)cc1. The molecule has 1 aromatic carbocycles. The Morgan fingerprint density at radius 1 is 0.875 bits per heavy atom. The Hall–Kier alpha value is -1.21. The van der Waals surface area contributed by atoms with Gasteiger partial charge in [-0.25, -0.2) is 26.3 Å². The number of halogens is 3. The van der Waals surface area contributed by atoms with Crippen molar-refractivity contribution in [2.24, 2.45) is 5.73 Å². The van der Waals surface area contributed by atoms with Crippen LogP contribution in [-0.2, 0) is 20.0 Å². The van der Waals surface area contributed by atoms with E-state index in [9.17, 15) is 30.0 Å². The van der Waals surface area contributed by atoms with Crippen LogP contribution in [0.2, 0.25) is 0 Å². The summed E-state index contributed by atoms with van der Waals surface area (Å²) in [6, 6.07) is 3.86. The van der Waals surface area contributed by atoms with Crippen molar-refractivity contribution < 1.29 is 30.0 Å². The fourth-order valence-corrected chi connectivity index (χ4v) is 3.71. The Morgan fingerprint density at radius 2 is 1.33 bits per heavy atom. The molecule has 12 heteroatoms. The van der Waals surface area contributed by atoms with E-state index in [2.05, 4.69) is 4.72 Å². The molecule has 1 rings (SSSR count). The third-order valence-corrected chi connectivity index (χ3v) is 5.72. The second-order valence-corrected chi connectivity index (χ2v) is 8.34. The lowest BCUT2D eigenvalue weighted by Crippen LogP contribution is -2.33. The Kier molecular flexibility index (Phi) is 7.16. The van der Waals surface area contributed by atoms with Crippen molar-refractivity contribution in [1.29, 1.82) is 0 Å². The van der Waals surface area contributed by atoms with E-state index in [0.29, 0.717) is 19.4 Å². The molecule has 24 heavy (non-hydrogen) atoms. The van der Waals surface area contributed by atoms with Gasteiger partial charge in [0.05, 0.1) is 9.79 Å². The second-order valence-electron chi connectivity index (χ2n) is 4.80. The van der Waals surface area contributed by atoms with Gasteiger partial charge in [-0.3, -0.25) is 0 Å². The maximum Gasteiger partial charge on any atom is 0.402 e. The molecule has 0 radical (unpaired) electrons. The first-order valence-electron chi connectivity index (χ1n) is 6.84. The first-order chi connectivity index (χ1) is 11.0. The van der Waals surface area contributed by atoms with Gasteiger partial charge in [-0.05, 0) is 43.7 Å². The van der Waals surface area contributed by atoms with E-state index >= 15 is 0 Å². The minimum atomic E-state index is -4.69. The van der Waals surface area contributed by atoms with Crippen LogP contribution in [0.1, 0.15) is 12.8 Å². The van der Waals surface area contributed by atoms with Crippen LogP contribution >= 0.6 is 0 Å². The Bertz CT molecular complexity index is 732. The molecule has 0 saturated heterocycles. The van der Waals surface area contributed by atoms with Crippen LogP contribution < -0.4 is 15.2 Å². The van der Waals surface area contributed by atoms with Crippen molar-refractivity contribution in [3.05, 3.63) is 24.3 Å². The van der Waals surface area contributed by atoms with Gasteiger partial charge in [0.2, 0.25) is 20.0 Å². The van der Waals surface area contributed by atoms with Crippen molar-refractivity contribution in [2.45, 2.75) is 28.8 Å². The number of alkyl halides is 3. The summed E-state index contributed by atoms with van der Waals surface area (Å²) in [6.07, 6.45) is -3.50. The predicted octanol–water partition coefficient (Wildman–Crippen LogP) is 0.544. The molecular formula is C12H18F3N3O4S2. The highest BCUT2D eigenvalue weighted by Crippen LogP contribution is 2.17. The number of hydrogen-bond donors (Lipinski definition) is 3. The van der Waals surface area contributed by atoms with Crippen LogP contribution in [-0.4, -0.2) is 42.6 Å². The number of nitrogens with one attached hydrogen (secondary N) is 2. The molecule has 0 atom stereocenters. The van der Waals surface area contributed by atoms with E-state index in [4.69, 9.17) is 5.73 Å². The number of nitrogens with two attached hydrogens (primary N) is 1. The molecule has 7 nitrogen and oxygen atoms in total. The molecule has 0 saturated carbocycles. The summed E-state index contributed by atoms with van der Waals surface area (Å²) in [5, 5.41) is 0. The van der Waals surface area contributed by atoms with E-state index in [-0.39, 0.29) is 11.4 Å². The van der Waals surface area contributed by atoms with Gasteiger partial charge in [0.1, 0.15) is 6.54 Å². The molecule has 0 spiro atoms. The van der Waals surface area contributed by atoms with Gasteiger partial charge in [-0.2, -0.15) is 13.2 Å². The van der Waals surface area contributed by atoms with Crippen LogP contribution in [0.25, 0.3) is 0 Å². The van der Waals surface area contributed by atoms with Gasteiger partial charge in [-0.1, -0.05) is 0 Å². The summed E-state index contributed by atoms with van der Waals surface area (Å²) >= 11 is 0. The lowest BCUT2D eigenvalue weighted by molar-refractivity contribution is -0.121. The first-order valence-corrected chi connectivity index (χ1v) is 9.81. The summed E-state index contributed by atoms with van der Waals surface area (Å²) in [7, 11) is -8.20. The molecule has 0 aliphatic carbocycles. The fraction of sp³-hybridized carbons (Fsp3) is 0.500. The number of hydrogen-bond acceptors (Lipinski definition) is 5. The highest BCUT2D eigenvalue weighted by atomic mass is 32.2. The third-order valence-electron chi connectivity index (χ3n) is 2.83. The van der Waals surface area contributed by atoms with Crippen molar-refractivity contribution in [2.75, 3.05) is 19.6 Å². The van der Waals surface area contributed by atoms with Gasteiger partial charge in [-0.15, -0.1) is 0 Å². The summed E-state index contributed by atoms with van der Waals surface area (Å²) in [6.45, 7) is -1.11. The first kappa shape index (κ1) is 20.8. The fourth-order valence-electron chi connectivity index (χ4n) is 1.62. The predicted molar refractivity (Wildman–Crippen MR) is 81.2 cm³/mol. The van der Waals surface area contributed by atoms with Crippen LogP contribution in [0.5, 0.6) is 0 Å². The smallest absolute Gasteiger partial charge is 0.330 e. The Balaban J connectivity index is 2.81. The molecule has 0 aliphatic rings. The molecule has 0 amide bonds. The van der Waals surface area contributed by atoms with Gasteiger partial charge in [0.25, 0.3) is 0 Å². The molecule has 0 aromatic heterocycles. The van der Waals surface area contributed by atoms with Crippen LogP contribution in [0.4, 0.5) is 13.2 Å². The average molecular weight is 389 g/mol. The zero-order valence-electron chi connectivity index (χ0n) is 12.5. The zero-order valence-corrected chi connectivity index (χ0v) is 14.1. The number of benzene rings is 1. The molecule has 4 N–H and O–H groups in total. The standard InChI is InChI=1S/C12H18F3N3O4S2/c13-12(14,15)9-18-24(21,22)11-5-3-10(4-6-11)23(19,20)17-8-2-1-7-16/h3-6,17-18H,1-2,7-9,16H2. The van der Waals surface area contributed by atoms with Crippen molar-refractivity contribution in [3.8, 4) is 0 Å². The highest BCUT2D eigenvalue weighted by Gasteiger charge is 2.30. The Morgan fingerprint density at radius 3 is 1.75 bits per heavy atom. The summed E-state index contributed by atoms with van der Waals surface area (Å²) in [5.41, 5.74) is 5.29. The number of sulfonamides is 2. The maximum absolute atomic E-state index is 12.1. The molecule has 0 heterocycles. The lowest BCUT2D eigenvalue weighted by Gasteiger charge is -2.10. The minimum Gasteiger partial charge on any atom is -0.330 e. The topological polar surface area (TPSA) is 118 Å². The summed E-state index contributed by atoms with van der Waals surface area (Å²) in [4.78, 5) is -0.654. The molecule has 0 unspecified atom stereocenters. The lowest BCUT2D eigenvalue weighted by atomic mass is 10.3. The van der Waals surface area contributed by atoms with Crippen LogP contribution in [0.3, 0.4) is 0 Å². The van der Waals surface area contributed by atoms with Gasteiger partial charge >= 0.3 is 6.18 Å². The zero-order chi connectivity index (χ0) is 18.4. The number of rotatable bonds is 9.